The average molecular weight is 206 g/mol. The van der Waals surface area contributed by atoms with Gasteiger partial charge in [-0.3, -0.25) is 0 Å². The Kier molecular flexibility index (Phi) is 7.82. The fraction of sp³-hybridized carbons (Fsp3) is 0.167. The second-order valence-corrected chi connectivity index (χ2v) is 2.85. The minimum absolute atomic E-state index is 0.0512. The first-order valence-corrected chi connectivity index (χ1v) is 4.64. The molecule has 0 aliphatic rings. The van der Waals surface area contributed by atoms with Crippen molar-refractivity contribution in [1.82, 2.24) is 0 Å². The molecule has 1 atom stereocenters. The lowest BCUT2D eigenvalue weighted by atomic mass is 10.2. The van der Waals surface area contributed by atoms with Gasteiger partial charge in [-0.15, -0.1) is 6.58 Å². The van der Waals surface area contributed by atoms with Gasteiger partial charge in [-0.25, -0.2) is 0 Å². The molecule has 1 unspecified atom stereocenters. The molecular formula is C12H18N2O. The van der Waals surface area contributed by atoms with E-state index in [1.807, 2.05) is 0 Å². The normalized spacial score (nSPS) is 14.3. The second kappa shape index (κ2) is 8.84. The lowest BCUT2D eigenvalue weighted by Gasteiger charge is -1.99. The zero-order valence-corrected chi connectivity index (χ0v) is 8.80. The molecule has 0 spiro atoms. The number of hydrogen-bond acceptors (Lipinski definition) is 3. The maximum atomic E-state index is 5.66. The van der Waals surface area contributed by atoms with Crippen molar-refractivity contribution in [1.29, 1.82) is 0 Å². The van der Waals surface area contributed by atoms with Crippen molar-refractivity contribution in [2.75, 3.05) is 0 Å². The molecule has 0 aromatic rings. The van der Waals surface area contributed by atoms with Gasteiger partial charge in [-0.1, -0.05) is 12.7 Å². The molecule has 3 nitrogen and oxygen atoms in total. The topological polar surface area (TPSA) is 61.3 Å². The molecule has 0 bridgehead atoms. The SMILES string of the molecule is C=CCC(N)/C=C/O/C=C/C=C(/N)C=C. The monoisotopic (exact) mass is 206 g/mol. The minimum atomic E-state index is -0.0512. The van der Waals surface area contributed by atoms with E-state index in [9.17, 15) is 0 Å². The van der Waals surface area contributed by atoms with Crippen LogP contribution in [0.1, 0.15) is 6.42 Å². The van der Waals surface area contributed by atoms with Crippen molar-refractivity contribution in [2.24, 2.45) is 11.5 Å². The van der Waals surface area contributed by atoms with Crippen LogP contribution in [0.25, 0.3) is 0 Å². The van der Waals surface area contributed by atoms with Crippen LogP contribution in [0.3, 0.4) is 0 Å². The van der Waals surface area contributed by atoms with E-state index in [4.69, 9.17) is 16.2 Å². The lowest BCUT2D eigenvalue weighted by molar-refractivity contribution is 0.399. The van der Waals surface area contributed by atoms with E-state index in [1.54, 1.807) is 30.4 Å². The van der Waals surface area contributed by atoms with Crippen LogP contribution in [0.15, 0.2) is 61.8 Å². The van der Waals surface area contributed by atoms with Crippen molar-refractivity contribution < 1.29 is 4.74 Å². The summed E-state index contributed by atoms with van der Waals surface area (Å²) in [6.07, 6.45) is 12.2. The predicted molar refractivity (Wildman–Crippen MR) is 64.6 cm³/mol. The number of ether oxygens (including phenoxy) is 1. The third kappa shape index (κ3) is 8.59. The second-order valence-electron chi connectivity index (χ2n) is 2.85. The van der Waals surface area contributed by atoms with Crippen molar-refractivity contribution in [3.8, 4) is 0 Å². The molecule has 3 heteroatoms. The molecule has 0 saturated heterocycles. The van der Waals surface area contributed by atoms with E-state index >= 15 is 0 Å². The van der Waals surface area contributed by atoms with E-state index in [2.05, 4.69) is 13.2 Å². The first-order valence-electron chi connectivity index (χ1n) is 4.64. The highest BCUT2D eigenvalue weighted by Gasteiger charge is 1.90. The average Bonchev–Trinajstić information content (AvgIpc) is 2.23. The summed E-state index contributed by atoms with van der Waals surface area (Å²) in [5.74, 6) is 0. The van der Waals surface area contributed by atoms with Crippen molar-refractivity contribution >= 4 is 0 Å². The van der Waals surface area contributed by atoms with Crippen LogP contribution in [-0.2, 0) is 4.74 Å². The largest absolute Gasteiger partial charge is 0.473 e. The highest BCUT2D eigenvalue weighted by Crippen LogP contribution is 1.92. The van der Waals surface area contributed by atoms with Gasteiger partial charge < -0.3 is 16.2 Å². The molecule has 0 aliphatic carbocycles. The standard InChI is InChI=1S/C12H18N2O/c1-3-6-12(14)8-10-15-9-5-7-11(13)4-2/h3-5,7-10,12H,1-2,6,13-14H2/b9-5+,10-8+,11-7+. The van der Waals surface area contributed by atoms with E-state index in [0.29, 0.717) is 5.70 Å². The third-order valence-corrected chi connectivity index (χ3v) is 1.52. The van der Waals surface area contributed by atoms with Gasteiger partial charge in [0, 0.05) is 11.7 Å². The van der Waals surface area contributed by atoms with E-state index in [0.717, 1.165) is 6.42 Å². The van der Waals surface area contributed by atoms with Crippen molar-refractivity contribution in [2.45, 2.75) is 12.5 Å². The molecule has 0 aromatic heterocycles. The number of allylic oxidation sites excluding steroid dienone is 3. The molecule has 0 rings (SSSR count). The molecule has 0 saturated carbocycles. The Bertz CT molecular complexity index is 277. The molecule has 82 valence electrons. The van der Waals surface area contributed by atoms with Crippen LogP contribution in [-0.4, -0.2) is 6.04 Å². The van der Waals surface area contributed by atoms with Gasteiger partial charge in [-0.05, 0) is 30.7 Å². The Morgan fingerprint density at radius 1 is 1.33 bits per heavy atom. The van der Waals surface area contributed by atoms with Gasteiger partial charge in [0.1, 0.15) is 0 Å². The summed E-state index contributed by atoms with van der Waals surface area (Å²) in [6.45, 7) is 7.10. The van der Waals surface area contributed by atoms with Crippen LogP contribution in [0.2, 0.25) is 0 Å². The van der Waals surface area contributed by atoms with E-state index in [1.165, 1.54) is 12.5 Å². The number of rotatable bonds is 7. The molecular weight excluding hydrogens is 188 g/mol. The summed E-state index contributed by atoms with van der Waals surface area (Å²) >= 11 is 0. The zero-order valence-electron chi connectivity index (χ0n) is 8.80. The Balaban J connectivity index is 3.78. The van der Waals surface area contributed by atoms with Gasteiger partial charge >= 0.3 is 0 Å². The fourth-order valence-corrected chi connectivity index (χ4v) is 0.726. The molecule has 0 radical (unpaired) electrons. The van der Waals surface area contributed by atoms with Crippen LogP contribution >= 0.6 is 0 Å². The van der Waals surface area contributed by atoms with Crippen LogP contribution < -0.4 is 11.5 Å². The number of hydrogen-bond donors (Lipinski definition) is 2. The summed E-state index contributed by atoms with van der Waals surface area (Å²) in [4.78, 5) is 0. The predicted octanol–water partition coefficient (Wildman–Crippen LogP) is 1.96. The van der Waals surface area contributed by atoms with Crippen LogP contribution in [0.5, 0.6) is 0 Å². The van der Waals surface area contributed by atoms with Crippen molar-refractivity contribution in [3.05, 3.63) is 61.8 Å². The summed E-state index contributed by atoms with van der Waals surface area (Å²) in [5.41, 5.74) is 11.7. The maximum Gasteiger partial charge on any atom is 0.0901 e. The molecule has 0 fully saturated rings. The Labute approximate surface area is 91.1 Å². The minimum Gasteiger partial charge on any atom is -0.473 e. The van der Waals surface area contributed by atoms with Gasteiger partial charge in [0.25, 0.3) is 0 Å². The molecule has 4 N–H and O–H groups in total. The van der Waals surface area contributed by atoms with E-state index < -0.39 is 0 Å². The molecule has 0 aliphatic heterocycles. The first kappa shape index (κ1) is 13.3. The Hall–Kier alpha value is -1.74. The summed E-state index contributed by atoms with van der Waals surface area (Å²) in [7, 11) is 0. The molecule has 0 heterocycles. The quantitative estimate of drug-likeness (QED) is 0.380. The summed E-state index contributed by atoms with van der Waals surface area (Å²) in [6, 6.07) is -0.0512. The maximum absolute atomic E-state index is 5.66. The number of nitrogens with two attached hydrogens (primary N) is 2. The van der Waals surface area contributed by atoms with Crippen LogP contribution in [0, 0.1) is 0 Å². The zero-order chi connectivity index (χ0) is 11.5. The third-order valence-electron chi connectivity index (χ3n) is 1.52. The molecule has 0 aromatic carbocycles. The highest BCUT2D eigenvalue weighted by molar-refractivity contribution is 5.17. The summed E-state index contributed by atoms with van der Waals surface area (Å²) in [5, 5.41) is 0. The Morgan fingerprint density at radius 2 is 2.07 bits per heavy atom. The Morgan fingerprint density at radius 3 is 2.67 bits per heavy atom. The van der Waals surface area contributed by atoms with Gasteiger partial charge in [0.15, 0.2) is 0 Å². The molecule has 0 amide bonds. The molecule has 15 heavy (non-hydrogen) atoms. The van der Waals surface area contributed by atoms with Gasteiger partial charge in [0.2, 0.25) is 0 Å². The van der Waals surface area contributed by atoms with E-state index in [-0.39, 0.29) is 6.04 Å². The smallest absolute Gasteiger partial charge is 0.0901 e. The van der Waals surface area contributed by atoms with Crippen molar-refractivity contribution in [3.63, 3.8) is 0 Å². The summed E-state index contributed by atoms with van der Waals surface area (Å²) < 4.78 is 5.04. The fourth-order valence-electron chi connectivity index (χ4n) is 0.726. The lowest BCUT2D eigenvalue weighted by Crippen LogP contribution is -2.14. The highest BCUT2D eigenvalue weighted by atomic mass is 16.5. The first-order chi connectivity index (χ1) is 7.20. The van der Waals surface area contributed by atoms with Crippen LogP contribution in [0.4, 0.5) is 0 Å². The van der Waals surface area contributed by atoms with Gasteiger partial charge in [-0.2, -0.15) is 0 Å². The van der Waals surface area contributed by atoms with Gasteiger partial charge in [0.05, 0.1) is 12.5 Å².